The zero-order chi connectivity index (χ0) is 17.2. The molecule has 1 aliphatic heterocycles. The molecule has 1 heterocycles. The summed E-state index contributed by atoms with van der Waals surface area (Å²) in [5.74, 6) is 0.0159. The predicted octanol–water partition coefficient (Wildman–Crippen LogP) is 3.55. The topological polar surface area (TPSA) is 46.6 Å². The van der Waals surface area contributed by atoms with Crippen LogP contribution in [0.4, 0.5) is 0 Å². The summed E-state index contributed by atoms with van der Waals surface area (Å²) in [5.41, 5.74) is 2.81. The number of hydrogen-bond acceptors (Lipinski definition) is 3. The Hall–Kier alpha value is -1.40. The summed E-state index contributed by atoms with van der Waals surface area (Å²) in [4.78, 5) is 0. The van der Waals surface area contributed by atoms with Crippen molar-refractivity contribution in [2.45, 2.75) is 18.8 Å². The number of benzene rings is 2. The van der Waals surface area contributed by atoms with Crippen molar-refractivity contribution >= 4 is 21.6 Å². The highest BCUT2D eigenvalue weighted by atomic mass is 35.5. The molecule has 0 bridgehead atoms. The van der Waals surface area contributed by atoms with E-state index in [-0.39, 0.29) is 11.9 Å². The lowest BCUT2D eigenvalue weighted by atomic mass is 10.1. The normalized spacial score (nSPS) is 19.3. The zero-order valence-electron chi connectivity index (χ0n) is 13.5. The first kappa shape index (κ1) is 17.4. The van der Waals surface area contributed by atoms with Gasteiger partial charge in [-0.1, -0.05) is 53.6 Å². The quantitative estimate of drug-likeness (QED) is 0.832. The first-order chi connectivity index (χ1) is 11.4. The molecule has 1 saturated heterocycles. The van der Waals surface area contributed by atoms with E-state index in [0.717, 1.165) is 16.7 Å². The van der Waals surface area contributed by atoms with Crippen molar-refractivity contribution in [3.8, 4) is 0 Å². The molecule has 3 rings (SSSR count). The van der Waals surface area contributed by atoms with Gasteiger partial charge in [-0.3, -0.25) is 0 Å². The Morgan fingerprint density at radius 3 is 2.67 bits per heavy atom. The van der Waals surface area contributed by atoms with Crippen LogP contribution in [0.5, 0.6) is 0 Å². The van der Waals surface area contributed by atoms with Crippen LogP contribution in [0.2, 0.25) is 5.02 Å². The van der Waals surface area contributed by atoms with Gasteiger partial charge in [-0.2, -0.15) is 4.31 Å². The maximum Gasteiger partial charge on any atom is 0.218 e. The van der Waals surface area contributed by atoms with Crippen LogP contribution in [0.15, 0.2) is 48.5 Å². The Bertz CT molecular complexity index is 805. The van der Waals surface area contributed by atoms with Crippen LogP contribution >= 0.6 is 11.6 Å². The van der Waals surface area contributed by atoms with Gasteiger partial charge in [-0.15, -0.1) is 0 Å². The third-order valence-electron chi connectivity index (χ3n) is 4.10. The van der Waals surface area contributed by atoms with E-state index in [9.17, 15) is 8.42 Å². The van der Waals surface area contributed by atoms with Crippen molar-refractivity contribution in [2.75, 3.05) is 19.7 Å². The molecule has 4 nitrogen and oxygen atoms in total. The molecule has 0 radical (unpaired) electrons. The molecule has 2 aromatic rings. The molecule has 0 amide bonds. The maximum atomic E-state index is 12.7. The van der Waals surface area contributed by atoms with Crippen molar-refractivity contribution in [1.82, 2.24) is 4.31 Å². The number of morpholine rings is 1. The van der Waals surface area contributed by atoms with E-state index in [1.807, 2.05) is 43.3 Å². The molecule has 1 fully saturated rings. The van der Waals surface area contributed by atoms with Crippen LogP contribution in [-0.2, 0) is 20.5 Å². The number of sulfonamides is 1. The smallest absolute Gasteiger partial charge is 0.218 e. The van der Waals surface area contributed by atoms with Crippen molar-refractivity contribution in [2.24, 2.45) is 0 Å². The summed E-state index contributed by atoms with van der Waals surface area (Å²) in [6.07, 6.45) is -0.261. The van der Waals surface area contributed by atoms with Gasteiger partial charge >= 0.3 is 0 Å². The van der Waals surface area contributed by atoms with E-state index in [4.69, 9.17) is 16.3 Å². The van der Waals surface area contributed by atoms with Crippen molar-refractivity contribution in [1.29, 1.82) is 0 Å². The van der Waals surface area contributed by atoms with Crippen LogP contribution in [0, 0.1) is 6.92 Å². The van der Waals surface area contributed by atoms with E-state index >= 15 is 0 Å². The highest BCUT2D eigenvalue weighted by Gasteiger charge is 2.30. The summed E-state index contributed by atoms with van der Waals surface area (Å²) in [6.45, 7) is 3.07. The van der Waals surface area contributed by atoms with Gasteiger partial charge in [0.1, 0.15) is 0 Å². The van der Waals surface area contributed by atoms with Crippen LogP contribution in [0.3, 0.4) is 0 Å². The minimum atomic E-state index is -3.37. The Morgan fingerprint density at radius 1 is 1.21 bits per heavy atom. The van der Waals surface area contributed by atoms with E-state index in [0.29, 0.717) is 24.7 Å². The molecule has 0 aliphatic carbocycles. The fourth-order valence-corrected chi connectivity index (χ4v) is 4.49. The molecule has 6 heteroatoms. The molecule has 1 aliphatic rings. The third-order valence-corrected chi connectivity index (χ3v) is 6.16. The molecule has 128 valence electrons. The Labute approximate surface area is 148 Å². The molecular formula is C18H20ClNO3S. The minimum absolute atomic E-state index is 0.0159. The first-order valence-electron chi connectivity index (χ1n) is 7.84. The Balaban J connectivity index is 1.74. The van der Waals surface area contributed by atoms with Crippen LogP contribution in [-0.4, -0.2) is 32.4 Å². The second-order valence-electron chi connectivity index (χ2n) is 6.01. The summed E-state index contributed by atoms with van der Waals surface area (Å²) < 4.78 is 32.8. The van der Waals surface area contributed by atoms with Gasteiger partial charge in [0.2, 0.25) is 10.0 Å². The molecule has 2 aromatic carbocycles. The highest BCUT2D eigenvalue weighted by Crippen LogP contribution is 2.26. The lowest BCUT2D eigenvalue weighted by Crippen LogP contribution is -2.42. The number of nitrogens with zero attached hydrogens (tertiary/aromatic N) is 1. The van der Waals surface area contributed by atoms with Gasteiger partial charge in [-0.25, -0.2) is 8.42 Å². The first-order valence-corrected chi connectivity index (χ1v) is 9.83. The molecule has 0 aromatic heterocycles. The summed E-state index contributed by atoms with van der Waals surface area (Å²) in [6, 6.07) is 14.9. The summed E-state index contributed by atoms with van der Waals surface area (Å²) in [7, 11) is -3.37. The number of halogens is 1. The van der Waals surface area contributed by atoms with Crippen molar-refractivity contribution < 1.29 is 13.2 Å². The van der Waals surface area contributed by atoms with Gasteiger partial charge in [0.25, 0.3) is 0 Å². The average Bonchev–Trinajstić information content (AvgIpc) is 2.55. The lowest BCUT2D eigenvalue weighted by Gasteiger charge is -2.32. The fourth-order valence-electron chi connectivity index (χ4n) is 2.86. The molecule has 1 atom stereocenters. The number of ether oxygens (including phenoxy) is 1. The summed E-state index contributed by atoms with van der Waals surface area (Å²) >= 11 is 5.91. The SMILES string of the molecule is Cc1cccc(CS(=O)(=O)N2CCOC(c3ccc(Cl)cc3)C2)c1. The van der Waals surface area contributed by atoms with Gasteiger partial charge in [-0.05, 0) is 30.2 Å². The van der Waals surface area contributed by atoms with E-state index in [1.54, 1.807) is 12.1 Å². The minimum Gasteiger partial charge on any atom is -0.371 e. The van der Waals surface area contributed by atoms with E-state index in [2.05, 4.69) is 0 Å². The number of rotatable bonds is 4. The Kier molecular flexibility index (Phi) is 5.25. The predicted molar refractivity (Wildman–Crippen MR) is 95.5 cm³/mol. The van der Waals surface area contributed by atoms with Crippen LogP contribution in [0.25, 0.3) is 0 Å². The van der Waals surface area contributed by atoms with Gasteiger partial charge < -0.3 is 4.74 Å². The largest absolute Gasteiger partial charge is 0.371 e. The highest BCUT2D eigenvalue weighted by molar-refractivity contribution is 7.88. The number of hydrogen-bond donors (Lipinski definition) is 0. The monoisotopic (exact) mass is 365 g/mol. The summed E-state index contributed by atoms with van der Waals surface area (Å²) in [5, 5.41) is 0.651. The van der Waals surface area contributed by atoms with Crippen molar-refractivity contribution in [3.63, 3.8) is 0 Å². The average molecular weight is 366 g/mol. The van der Waals surface area contributed by atoms with Crippen molar-refractivity contribution in [3.05, 3.63) is 70.2 Å². The molecule has 0 N–H and O–H groups in total. The molecule has 0 spiro atoms. The van der Waals surface area contributed by atoms with Crippen LogP contribution in [0.1, 0.15) is 22.8 Å². The second kappa shape index (κ2) is 7.23. The van der Waals surface area contributed by atoms with E-state index in [1.165, 1.54) is 4.31 Å². The van der Waals surface area contributed by atoms with Crippen LogP contribution < -0.4 is 0 Å². The second-order valence-corrected chi connectivity index (χ2v) is 8.42. The third kappa shape index (κ3) is 4.16. The van der Waals surface area contributed by atoms with Gasteiger partial charge in [0.05, 0.1) is 18.5 Å². The fraction of sp³-hybridized carbons (Fsp3) is 0.333. The molecule has 24 heavy (non-hydrogen) atoms. The maximum absolute atomic E-state index is 12.7. The Morgan fingerprint density at radius 2 is 1.96 bits per heavy atom. The lowest BCUT2D eigenvalue weighted by molar-refractivity contribution is -0.00260. The number of aryl methyl sites for hydroxylation is 1. The van der Waals surface area contributed by atoms with Gasteiger partial charge in [0.15, 0.2) is 0 Å². The standard InChI is InChI=1S/C18H20ClNO3S/c1-14-3-2-4-15(11-14)13-24(21,22)20-9-10-23-18(12-20)16-5-7-17(19)8-6-16/h2-8,11,18H,9-10,12-13H2,1H3. The van der Waals surface area contributed by atoms with Gasteiger partial charge in [0, 0.05) is 18.1 Å². The molecular weight excluding hydrogens is 346 g/mol. The molecule has 1 unspecified atom stereocenters. The zero-order valence-corrected chi connectivity index (χ0v) is 15.1. The molecule has 0 saturated carbocycles. The van der Waals surface area contributed by atoms with E-state index < -0.39 is 10.0 Å².